The van der Waals surface area contributed by atoms with Crippen molar-refractivity contribution in [2.75, 3.05) is 24.2 Å². The molecule has 0 atom stereocenters. The van der Waals surface area contributed by atoms with Gasteiger partial charge in [0.05, 0.1) is 22.8 Å². The normalized spacial score (nSPS) is 16.1. The van der Waals surface area contributed by atoms with Gasteiger partial charge in [-0.25, -0.2) is 17.4 Å². The summed E-state index contributed by atoms with van der Waals surface area (Å²) in [6.07, 6.45) is 2.61. The van der Waals surface area contributed by atoms with E-state index < -0.39 is 10.0 Å². The van der Waals surface area contributed by atoms with Crippen molar-refractivity contribution in [1.82, 2.24) is 14.1 Å². The van der Waals surface area contributed by atoms with Crippen LogP contribution in [0.1, 0.15) is 44.0 Å². The van der Waals surface area contributed by atoms with Crippen LogP contribution < -0.4 is 5.32 Å². The molecule has 1 amide bonds. The zero-order valence-corrected chi connectivity index (χ0v) is 18.2. The van der Waals surface area contributed by atoms with Crippen LogP contribution in [0.25, 0.3) is 5.69 Å². The molecule has 7 nitrogen and oxygen atoms in total. The van der Waals surface area contributed by atoms with Crippen molar-refractivity contribution < 1.29 is 13.2 Å². The molecule has 3 rings (SSSR count). The number of para-hydroxylation sites is 2. The molecule has 0 saturated carbocycles. The second-order valence-corrected chi connectivity index (χ2v) is 9.78. The summed E-state index contributed by atoms with van der Waals surface area (Å²) < 4.78 is 28.1. The molecule has 8 heteroatoms. The Hall–Kier alpha value is -2.19. The van der Waals surface area contributed by atoms with Gasteiger partial charge >= 0.3 is 0 Å². The number of piperidine rings is 1. The third-order valence-electron chi connectivity index (χ3n) is 5.37. The van der Waals surface area contributed by atoms with E-state index >= 15 is 0 Å². The molecule has 1 aliphatic heterocycles. The van der Waals surface area contributed by atoms with Gasteiger partial charge in [0.2, 0.25) is 15.9 Å². The lowest BCUT2D eigenvalue weighted by molar-refractivity contribution is -0.120. The van der Waals surface area contributed by atoms with Gasteiger partial charge in [-0.1, -0.05) is 25.5 Å². The number of unbranched alkanes of at least 4 members (excludes halogenated alkanes) is 1. The van der Waals surface area contributed by atoms with Crippen LogP contribution in [0.15, 0.2) is 30.3 Å². The average Bonchev–Trinajstić information content (AvgIpc) is 3.04. The number of carbonyl (C=O) groups excluding carboxylic acids is 1. The zero-order valence-electron chi connectivity index (χ0n) is 17.4. The highest BCUT2D eigenvalue weighted by Gasteiger charge is 2.31. The minimum absolute atomic E-state index is 0.0652. The Morgan fingerprint density at radius 1 is 1.21 bits per heavy atom. The predicted molar refractivity (Wildman–Crippen MR) is 115 cm³/mol. The lowest BCUT2D eigenvalue weighted by atomic mass is 9.97. The molecule has 158 valence electrons. The van der Waals surface area contributed by atoms with Gasteiger partial charge in [-0.15, -0.1) is 0 Å². The molecule has 2 heterocycles. The molecular formula is C21H30N4O3S. The Balaban J connectivity index is 1.66. The van der Waals surface area contributed by atoms with E-state index in [1.807, 2.05) is 55.8 Å². The Morgan fingerprint density at radius 2 is 1.90 bits per heavy atom. The number of hydrogen-bond acceptors (Lipinski definition) is 4. The van der Waals surface area contributed by atoms with Crippen LogP contribution in [0, 0.1) is 19.8 Å². The van der Waals surface area contributed by atoms with E-state index in [2.05, 4.69) is 10.4 Å². The molecule has 1 N–H and O–H groups in total. The Bertz CT molecular complexity index is 960. The standard InChI is InChI=1S/C21H30N4O3S/c1-4-5-14-29(27,28)24-12-10-18(11-13-24)21(26)22-19-8-6-7-9-20(19)25-17(3)15-16(2)23-25/h6-9,15,18H,4-5,10-14H2,1-3H3,(H,22,26). The molecule has 1 saturated heterocycles. The number of nitrogens with one attached hydrogen (secondary N) is 1. The van der Waals surface area contributed by atoms with Crippen LogP contribution in [0.3, 0.4) is 0 Å². The van der Waals surface area contributed by atoms with Crippen molar-refractivity contribution in [3.63, 3.8) is 0 Å². The molecule has 0 bridgehead atoms. The van der Waals surface area contributed by atoms with Crippen LogP contribution in [0.2, 0.25) is 0 Å². The summed E-state index contributed by atoms with van der Waals surface area (Å²) in [5.74, 6) is -0.0677. The summed E-state index contributed by atoms with van der Waals surface area (Å²) in [5, 5.41) is 7.55. The molecule has 2 aromatic rings. The van der Waals surface area contributed by atoms with Crippen molar-refractivity contribution in [1.29, 1.82) is 0 Å². The highest BCUT2D eigenvalue weighted by Crippen LogP contribution is 2.25. The fourth-order valence-electron chi connectivity index (χ4n) is 3.72. The van der Waals surface area contributed by atoms with Gasteiger partial charge in [-0.2, -0.15) is 5.10 Å². The van der Waals surface area contributed by atoms with E-state index in [-0.39, 0.29) is 17.6 Å². The van der Waals surface area contributed by atoms with Crippen molar-refractivity contribution in [3.8, 4) is 5.69 Å². The fraction of sp³-hybridized carbons (Fsp3) is 0.524. The molecule has 1 fully saturated rings. The van der Waals surface area contributed by atoms with Gasteiger partial charge in [0.15, 0.2) is 0 Å². The first-order valence-electron chi connectivity index (χ1n) is 10.2. The lowest BCUT2D eigenvalue weighted by Crippen LogP contribution is -2.42. The summed E-state index contributed by atoms with van der Waals surface area (Å²) in [4.78, 5) is 12.9. The SMILES string of the molecule is CCCCS(=O)(=O)N1CCC(C(=O)Nc2ccccc2-n2nc(C)cc2C)CC1. The van der Waals surface area contributed by atoms with Crippen LogP contribution in [-0.2, 0) is 14.8 Å². The molecule has 0 unspecified atom stereocenters. The predicted octanol–water partition coefficient (Wildman–Crippen LogP) is 3.27. The quantitative estimate of drug-likeness (QED) is 0.748. The van der Waals surface area contributed by atoms with Crippen LogP contribution in [0.4, 0.5) is 5.69 Å². The van der Waals surface area contributed by atoms with Crippen LogP contribution in [-0.4, -0.2) is 47.3 Å². The van der Waals surface area contributed by atoms with E-state index in [0.29, 0.717) is 38.0 Å². The first kappa shape index (κ1) is 21.5. The molecule has 0 radical (unpaired) electrons. The summed E-state index contributed by atoms with van der Waals surface area (Å²) >= 11 is 0. The third-order valence-corrected chi connectivity index (χ3v) is 7.33. The molecule has 1 aromatic heterocycles. The highest BCUT2D eigenvalue weighted by atomic mass is 32.2. The van der Waals surface area contributed by atoms with E-state index in [1.165, 1.54) is 4.31 Å². The number of aryl methyl sites for hydroxylation is 2. The Morgan fingerprint density at radius 3 is 2.52 bits per heavy atom. The maximum Gasteiger partial charge on any atom is 0.227 e. The van der Waals surface area contributed by atoms with E-state index in [0.717, 1.165) is 23.5 Å². The largest absolute Gasteiger partial charge is 0.324 e. The number of nitrogens with zero attached hydrogens (tertiary/aromatic N) is 3. The zero-order chi connectivity index (χ0) is 21.0. The number of benzene rings is 1. The van der Waals surface area contributed by atoms with Gasteiger partial charge in [0, 0.05) is 24.7 Å². The van der Waals surface area contributed by atoms with E-state index in [1.54, 1.807) is 0 Å². The minimum Gasteiger partial charge on any atom is -0.324 e. The van der Waals surface area contributed by atoms with Crippen LogP contribution >= 0.6 is 0 Å². The first-order chi connectivity index (χ1) is 13.8. The van der Waals surface area contributed by atoms with Crippen molar-refractivity contribution >= 4 is 21.6 Å². The van der Waals surface area contributed by atoms with Gasteiger partial charge in [0.25, 0.3) is 0 Å². The number of rotatable bonds is 7. The van der Waals surface area contributed by atoms with Gasteiger partial charge in [0.1, 0.15) is 0 Å². The first-order valence-corrected chi connectivity index (χ1v) is 11.8. The van der Waals surface area contributed by atoms with Crippen LogP contribution in [0.5, 0.6) is 0 Å². The molecule has 0 spiro atoms. The van der Waals surface area contributed by atoms with E-state index in [4.69, 9.17) is 0 Å². The molecular weight excluding hydrogens is 388 g/mol. The third kappa shape index (κ3) is 5.05. The number of carbonyl (C=O) groups is 1. The number of anilines is 1. The topological polar surface area (TPSA) is 84.3 Å². The Kier molecular flexibility index (Phi) is 6.74. The maximum atomic E-state index is 12.9. The Labute approximate surface area is 173 Å². The van der Waals surface area contributed by atoms with Crippen molar-refractivity contribution in [2.24, 2.45) is 5.92 Å². The molecule has 1 aromatic carbocycles. The smallest absolute Gasteiger partial charge is 0.227 e. The van der Waals surface area contributed by atoms with Crippen molar-refractivity contribution in [2.45, 2.75) is 46.5 Å². The number of amides is 1. The minimum atomic E-state index is -3.21. The molecule has 1 aliphatic rings. The van der Waals surface area contributed by atoms with Gasteiger partial charge in [-0.3, -0.25) is 4.79 Å². The molecule has 0 aliphatic carbocycles. The summed E-state index contributed by atoms with van der Waals surface area (Å²) in [6, 6.07) is 9.59. The van der Waals surface area contributed by atoms with Crippen molar-refractivity contribution in [3.05, 3.63) is 41.7 Å². The summed E-state index contributed by atoms with van der Waals surface area (Å²) in [7, 11) is -3.21. The van der Waals surface area contributed by atoms with Gasteiger partial charge in [-0.05, 0) is 51.3 Å². The molecule has 29 heavy (non-hydrogen) atoms. The second-order valence-electron chi connectivity index (χ2n) is 7.69. The van der Waals surface area contributed by atoms with Gasteiger partial charge < -0.3 is 5.32 Å². The lowest BCUT2D eigenvalue weighted by Gasteiger charge is -2.30. The number of aromatic nitrogens is 2. The maximum absolute atomic E-state index is 12.9. The van der Waals surface area contributed by atoms with E-state index in [9.17, 15) is 13.2 Å². The summed E-state index contributed by atoms with van der Waals surface area (Å²) in [5.41, 5.74) is 3.45. The fourth-order valence-corrected chi connectivity index (χ4v) is 5.40. The number of hydrogen-bond donors (Lipinski definition) is 1. The summed E-state index contributed by atoms with van der Waals surface area (Å²) in [6.45, 7) is 6.71. The second kappa shape index (κ2) is 9.09. The number of sulfonamides is 1. The average molecular weight is 419 g/mol. The monoisotopic (exact) mass is 418 g/mol. The highest BCUT2D eigenvalue weighted by molar-refractivity contribution is 7.89.